The van der Waals surface area contributed by atoms with Crippen LogP contribution in [0.25, 0.3) is 0 Å². The van der Waals surface area contributed by atoms with Gasteiger partial charge in [0.15, 0.2) is 0 Å². The van der Waals surface area contributed by atoms with Crippen molar-refractivity contribution in [3.8, 4) is 0 Å². The van der Waals surface area contributed by atoms with E-state index in [2.05, 4.69) is 22.3 Å². The number of hydrogen-bond donors (Lipinski definition) is 1. The third-order valence-corrected chi connectivity index (χ3v) is 4.38. The summed E-state index contributed by atoms with van der Waals surface area (Å²) in [7, 11) is 4.07. The van der Waals surface area contributed by atoms with Gasteiger partial charge in [-0.05, 0) is 49.8 Å². The molecule has 1 N–H and O–H groups in total. The number of anilines is 1. The molecule has 1 aliphatic rings. The molecule has 3 rings (SSSR count). The van der Waals surface area contributed by atoms with Gasteiger partial charge in [-0.2, -0.15) is 0 Å². The van der Waals surface area contributed by atoms with Gasteiger partial charge in [-0.1, -0.05) is 30.3 Å². The van der Waals surface area contributed by atoms with E-state index in [4.69, 9.17) is 0 Å². The molecule has 1 aliphatic heterocycles. The van der Waals surface area contributed by atoms with Crippen LogP contribution in [0.2, 0.25) is 0 Å². The summed E-state index contributed by atoms with van der Waals surface area (Å²) in [5.74, 6) is 0.107. The molecule has 4 nitrogen and oxygen atoms in total. The fourth-order valence-corrected chi connectivity index (χ4v) is 3.00. The minimum absolute atomic E-state index is 0.107. The second-order valence-corrected chi connectivity index (χ2v) is 6.56. The highest BCUT2D eigenvalue weighted by Gasteiger charge is 2.19. The largest absolute Gasteiger partial charge is 0.384 e. The van der Waals surface area contributed by atoms with E-state index in [0.29, 0.717) is 6.54 Å². The average Bonchev–Trinajstić information content (AvgIpc) is 3.06. The van der Waals surface area contributed by atoms with E-state index in [1.165, 1.54) is 5.56 Å². The van der Waals surface area contributed by atoms with Crippen molar-refractivity contribution in [2.75, 3.05) is 39.0 Å². The van der Waals surface area contributed by atoms with Crippen LogP contribution in [0.15, 0.2) is 48.5 Å². The molecule has 0 bridgehead atoms. The summed E-state index contributed by atoms with van der Waals surface area (Å²) in [6.45, 7) is 3.17. The van der Waals surface area contributed by atoms with Gasteiger partial charge in [-0.15, -0.1) is 0 Å². The van der Waals surface area contributed by atoms with Gasteiger partial charge in [-0.3, -0.25) is 4.79 Å². The Labute approximate surface area is 144 Å². The molecule has 0 unspecified atom stereocenters. The number of hydrogen-bond acceptors (Lipinski definition) is 3. The van der Waals surface area contributed by atoms with Crippen molar-refractivity contribution < 1.29 is 4.79 Å². The molecule has 126 valence electrons. The van der Waals surface area contributed by atoms with Gasteiger partial charge in [-0.25, -0.2) is 0 Å². The lowest BCUT2D eigenvalue weighted by Gasteiger charge is -2.25. The van der Waals surface area contributed by atoms with Crippen LogP contribution in [-0.2, 0) is 13.0 Å². The van der Waals surface area contributed by atoms with Crippen LogP contribution in [0.3, 0.4) is 0 Å². The van der Waals surface area contributed by atoms with E-state index in [9.17, 15) is 4.79 Å². The molecule has 0 atom stereocenters. The van der Waals surface area contributed by atoms with E-state index >= 15 is 0 Å². The summed E-state index contributed by atoms with van der Waals surface area (Å²) >= 11 is 0. The van der Waals surface area contributed by atoms with Gasteiger partial charge in [0.1, 0.15) is 0 Å². The Kier molecular flexibility index (Phi) is 5.16. The fourth-order valence-electron chi connectivity index (χ4n) is 3.00. The maximum absolute atomic E-state index is 13.0. The number of amides is 1. The highest BCUT2D eigenvalue weighted by atomic mass is 16.2. The molecule has 0 aromatic heterocycles. The topological polar surface area (TPSA) is 35.6 Å². The van der Waals surface area contributed by atoms with Crippen molar-refractivity contribution in [2.24, 2.45) is 0 Å². The van der Waals surface area contributed by atoms with Gasteiger partial charge in [0.2, 0.25) is 0 Å². The predicted octanol–water partition coefficient (Wildman–Crippen LogP) is 2.86. The van der Waals surface area contributed by atoms with Crippen LogP contribution in [0.4, 0.5) is 5.69 Å². The van der Waals surface area contributed by atoms with Crippen molar-refractivity contribution in [1.82, 2.24) is 9.80 Å². The summed E-state index contributed by atoms with van der Waals surface area (Å²) in [6.07, 6.45) is 0.993. The van der Waals surface area contributed by atoms with Crippen LogP contribution in [0.1, 0.15) is 21.5 Å². The molecular formula is C20H25N3O. The second kappa shape index (κ2) is 7.49. The second-order valence-electron chi connectivity index (χ2n) is 6.56. The van der Waals surface area contributed by atoms with E-state index in [1.54, 1.807) is 0 Å². The van der Waals surface area contributed by atoms with Gasteiger partial charge >= 0.3 is 0 Å². The summed E-state index contributed by atoms with van der Waals surface area (Å²) in [6, 6.07) is 16.2. The molecule has 0 fully saturated rings. The Morgan fingerprint density at radius 1 is 1.08 bits per heavy atom. The van der Waals surface area contributed by atoms with Crippen molar-refractivity contribution in [3.63, 3.8) is 0 Å². The van der Waals surface area contributed by atoms with Gasteiger partial charge in [0, 0.05) is 37.4 Å². The lowest BCUT2D eigenvalue weighted by molar-refractivity contribution is 0.0732. The molecule has 4 heteroatoms. The normalized spacial score (nSPS) is 12.8. The predicted molar refractivity (Wildman–Crippen MR) is 98.4 cm³/mol. The number of nitrogens with zero attached hydrogens (tertiary/aromatic N) is 2. The zero-order valence-electron chi connectivity index (χ0n) is 14.5. The van der Waals surface area contributed by atoms with Crippen LogP contribution < -0.4 is 5.32 Å². The molecule has 2 aromatic carbocycles. The number of fused-ring (bicyclic) bond motifs is 1. The first-order valence-corrected chi connectivity index (χ1v) is 8.48. The van der Waals surface area contributed by atoms with Gasteiger partial charge in [0.05, 0.1) is 0 Å². The summed E-state index contributed by atoms with van der Waals surface area (Å²) in [5.41, 5.74) is 4.35. The summed E-state index contributed by atoms with van der Waals surface area (Å²) < 4.78 is 0. The van der Waals surface area contributed by atoms with E-state index in [1.807, 2.05) is 55.4 Å². The quantitative estimate of drug-likeness (QED) is 0.888. The molecule has 2 aromatic rings. The van der Waals surface area contributed by atoms with E-state index in [0.717, 1.165) is 42.9 Å². The molecule has 0 aliphatic carbocycles. The van der Waals surface area contributed by atoms with Crippen LogP contribution in [0.5, 0.6) is 0 Å². The third kappa shape index (κ3) is 3.95. The zero-order valence-corrected chi connectivity index (χ0v) is 14.5. The maximum Gasteiger partial charge on any atom is 0.254 e. The lowest BCUT2D eigenvalue weighted by atomic mass is 10.1. The number of nitrogens with one attached hydrogen (secondary N) is 1. The average molecular weight is 323 g/mol. The Balaban J connectivity index is 1.79. The summed E-state index contributed by atoms with van der Waals surface area (Å²) in [5, 5.41) is 3.34. The Morgan fingerprint density at radius 3 is 2.62 bits per heavy atom. The lowest BCUT2D eigenvalue weighted by Crippen LogP contribution is -2.36. The Hall–Kier alpha value is -2.33. The van der Waals surface area contributed by atoms with Crippen LogP contribution in [0, 0.1) is 0 Å². The smallest absolute Gasteiger partial charge is 0.254 e. The SMILES string of the molecule is CN(C)CCN(Cc1ccccc1)C(=O)c1ccc2c(c1)CCN2. The third-order valence-electron chi connectivity index (χ3n) is 4.38. The first-order valence-electron chi connectivity index (χ1n) is 8.48. The minimum atomic E-state index is 0.107. The number of likely N-dealkylation sites (N-methyl/N-ethyl adjacent to an activating group) is 1. The molecule has 1 amide bonds. The van der Waals surface area contributed by atoms with Crippen molar-refractivity contribution in [2.45, 2.75) is 13.0 Å². The number of carbonyl (C=O) groups excluding carboxylic acids is 1. The Bertz CT molecular complexity index is 697. The first-order chi connectivity index (χ1) is 11.6. The highest BCUT2D eigenvalue weighted by Crippen LogP contribution is 2.24. The van der Waals surface area contributed by atoms with Crippen molar-refractivity contribution >= 4 is 11.6 Å². The first kappa shape index (κ1) is 16.5. The molecule has 0 saturated heterocycles. The number of rotatable bonds is 6. The van der Waals surface area contributed by atoms with Crippen LogP contribution >= 0.6 is 0 Å². The fraction of sp³-hybridized carbons (Fsp3) is 0.350. The van der Waals surface area contributed by atoms with Gasteiger partial charge < -0.3 is 15.1 Å². The minimum Gasteiger partial charge on any atom is -0.384 e. The van der Waals surface area contributed by atoms with E-state index < -0.39 is 0 Å². The maximum atomic E-state index is 13.0. The molecule has 0 saturated carbocycles. The standard InChI is InChI=1S/C20H25N3O/c1-22(2)12-13-23(15-16-6-4-3-5-7-16)20(24)18-8-9-19-17(14-18)10-11-21-19/h3-9,14,21H,10-13,15H2,1-2H3. The number of carbonyl (C=O) groups is 1. The van der Waals surface area contributed by atoms with Crippen molar-refractivity contribution in [1.29, 1.82) is 0 Å². The molecule has 24 heavy (non-hydrogen) atoms. The monoisotopic (exact) mass is 323 g/mol. The zero-order chi connectivity index (χ0) is 16.9. The van der Waals surface area contributed by atoms with E-state index in [-0.39, 0.29) is 5.91 Å². The Morgan fingerprint density at radius 2 is 1.88 bits per heavy atom. The number of benzene rings is 2. The molecule has 0 radical (unpaired) electrons. The molecule has 0 spiro atoms. The van der Waals surface area contributed by atoms with Crippen molar-refractivity contribution in [3.05, 3.63) is 65.2 Å². The van der Waals surface area contributed by atoms with Crippen LogP contribution in [-0.4, -0.2) is 49.4 Å². The van der Waals surface area contributed by atoms with Gasteiger partial charge in [0.25, 0.3) is 5.91 Å². The highest BCUT2D eigenvalue weighted by molar-refractivity contribution is 5.95. The molecular weight excluding hydrogens is 298 g/mol. The summed E-state index contributed by atoms with van der Waals surface area (Å²) in [4.78, 5) is 17.1. The molecule has 1 heterocycles.